The van der Waals surface area contributed by atoms with Crippen LogP contribution in [0.4, 0.5) is 4.79 Å². The minimum Gasteiger partial charge on any atom is -0.480 e. The zero-order valence-electron chi connectivity index (χ0n) is 16.1. The molecular weight excluding hydrogens is 330 g/mol. The van der Waals surface area contributed by atoms with Gasteiger partial charge < -0.3 is 15.3 Å². The Morgan fingerprint density at radius 1 is 1.31 bits per heavy atom. The van der Waals surface area contributed by atoms with E-state index in [1.54, 1.807) is 0 Å². The van der Waals surface area contributed by atoms with E-state index in [2.05, 4.69) is 11.9 Å². The van der Waals surface area contributed by atoms with Gasteiger partial charge in [-0.05, 0) is 51.8 Å². The Morgan fingerprint density at radius 2 is 1.92 bits per heavy atom. The first kappa shape index (κ1) is 21.2. The summed E-state index contributed by atoms with van der Waals surface area (Å²) in [4.78, 5) is 25.6. The number of carboxylic acid groups (broad SMARTS) is 1. The normalized spacial score (nSPS) is 11.4. The first-order chi connectivity index (χ1) is 11.9. The molecule has 1 aromatic carbocycles. The number of benzene rings is 1. The van der Waals surface area contributed by atoms with E-state index in [1.807, 2.05) is 51.1 Å². The van der Waals surface area contributed by atoms with E-state index in [4.69, 9.17) is 5.26 Å². The number of carbonyl (C=O) groups excluding carboxylic acids is 1. The zero-order valence-corrected chi connectivity index (χ0v) is 16.1. The molecular formula is C20H27N3O3. The lowest BCUT2D eigenvalue weighted by molar-refractivity contribution is -0.147. The molecule has 0 fully saturated rings. The summed E-state index contributed by atoms with van der Waals surface area (Å²) in [6.07, 6.45) is 0.0513. The standard InChI is InChI=1S/C20H27N3O3/c1-14(2)15-9-7-10-16(13-15)19(3,4)22-18(26)23(12-8-11-21)20(5,6)17(24)25/h7,9-10,13H,1,8,12H2,2-6H3,(H,22,26)(H,24,25). The summed E-state index contributed by atoms with van der Waals surface area (Å²) >= 11 is 0. The van der Waals surface area contributed by atoms with Crippen LogP contribution in [-0.2, 0) is 10.3 Å². The fourth-order valence-corrected chi connectivity index (χ4v) is 2.49. The first-order valence-corrected chi connectivity index (χ1v) is 8.40. The summed E-state index contributed by atoms with van der Waals surface area (Å²) < 4.78 is 0. The molecule has 0 heterocycles. The van der Waals surface area contributed by atoms with E-state index >= 15 is 0 Å². The van der Waals surface area contributed by atoms with Gasteiger partial charge in [0, 0.05) is 6.54 Å². The molecule has 26 heavy (non-hydrogen) atoms. The van der Waals surface area contributed by atoms with Gasteiger partial charge in [-0.2, -0.15) is 5.26 Å². The van der Waals surface area contributed by atoms with Crippen LogP contribution in [0.25, 0.3) is 5.57 Å². The molecule has 2 amide bonds. The molecule has 0 aromatic heterocycles. The van der Waals surface area contributed by atoms with Gasteiger partial charge >= 0.3 is 12.0 Å². The third-order valence-corrected chi connectivity index (χ3v) is 4.39. The quantitative estimate of drug-likeness (QED) is 0.777. The van der Waals surface area contributed by atoms with Crippen molar-refractivity contribution < 1.29 is 14.7 Å². The predicted octanol–water partition coefficient (Wildman–Crippen LogP) is 3.74. The number of carboxylic acids is 1. The number of urea groups is 1. The van der Waals surface area contributed by atoms with Gasteiger partial charge in [0.15, 0.2) is 0 Å². The molecule has 1 rings (SSSR count). The maximum Gasteiger partial charge on any atom is 0.329 e. The van der Waals surface area contributed by atoms with Crippen molar-refractivity contribution in [1.82, 2.24) is 10.2 Å². The number of nitrogens with zero attached hydrogens (tertiary/aromatic N) is 2. The number of allylic oxidation sites excluding steroid dienone is 1. The van der Waals surface area contributed by atoms with Gasteiger partial charge in [-0.15, -0.1) is 0 Å². The zero-order chi connectivity index (χ0) is 20.1. The molecule has 0 saturated carbocycles. The molecule has 6 heteroatoms. The molecule has 0 aliphatic carbocycles. The molecule has 0 bridgehead atoms. The van der Waals surface area contributed by atoms with Crippen molar-refractivity contribution in [2.24, 2.45) is 0 Å². The Labute approximate surface area is 155 Å². The summed E-state index contributed by atoms with van der Waals surface area (Å²) in [5, 5.41) is 21.2. The number of aliphatic carboxylic acids is 1. The van der Waals surface area contributed by atoms with E-state index in [0.717, 1.165) is 16.7 Å². The van der Waals surface area contributed by atoms with Crippen LogP contribution in [0, 0.1) is 11.3 Å². The second kappa shape index (κ2) is 8.05. The topological polar surface area (TPSA) is 93.4 Å². The third-order valence-electron chi connectivity index (χ3n) is 4.39. The van der Waals surface area contributed by atoms with Gasteiger partial charge in [0.2, 0.25) is 0 Å². The second-order valence-electron chi connectivity index (χ2n) is 7.34. The largest absolute Gasteiger partial charge is 0.480 e. The number of carbonyl (C=O) groups is 2. The highest BCUT2D eigenvalue weighted by Gasteiger charge is 2.39. The third kappa shape index (κ3) is 4.85. The number of hydrogen-bond donors (Lipinski definition) is 2. The smallest absolute Gasteiger partial charge is 0.329 e. The second-order valence-corrected chi connectivity index (χ2v) is 7.34. The van der Waals surface area contributed by atoms with Crippen LogP contribution < -0.4 is 5.32 Å². The van der Waals surface area contributed by atoms with Crippen molar-refractivity contribution in [3.8, 4) is 6.07 Å². The highest BCUT2D eigenvalue weighted by atomic mass is 16.4. The average Bonchev–Trinajstić information content (AvgIpc) is 2.54. The molecule has 0 saturated heterocycles. The van der Waals surface area contributed by atoms with E-state index in [1.165, 1.54) is 18.7 Å². The van der Waals surface area contributed by atoms with Crippen molar-refractivity contribution in [3.05, 3.63) is 42.0 Å². The number of amides is 2. The van der Waals surface area contributed by atoms with E-state index in [0.29, 0.717) is 0 Å². The fraction of sp³-hybridized carbons (Fsp3) is 0.450. The van der Waals surface area contributed by atoms with E-state index in [9.17, 15) is 14.7 Å². The lowest BCUT2D eigenvalue weighted by Gasteiger charge is -2.38. The van der Waals surface area contributed by atoms with Crippen LogP contribution in [0.15, 0.2) is 30.8 Å². The molecule has 0 aliphatic rings. The molecule has 2 N–H and O–H groups in total. The highest BCUT2D eigenvalue weighted by Crippen LogP contribution is 2.25. The molecule has 6 nitrogen and oxygen atoms in total. The van der Waals surface area contributed by atoms with Gasteiger partial charge in [0.05, 0.1) is 18.0 Å². The van der Waals surface area contributed by atoms with E-state index < -0.39 is 23.1 Å². The maximum absolute atomic E-state index is 12.8. The Bertz CT molecular complexity index is 745. The van der Waals surface area contributed by atoms with Crippen LogP contribution in [0.3, 0.4) is 0 Å². The Morgan fingerprint density at radius 3 is 2.42 bits per heavy atom. The highest BCUT2D eigenvalue weighted by molar-refractivity contribution is 5.86. The fourth-order valence-electron chi connectivity index (χ4n) is 2.49. The lowest BCUT2D eigenvalue weighted by atomic mass is 9.91. The van der Waals surface area contributed by atoms with Crippen molar-refractivity contribution in [2.75, 3.05) is 6.54 Å². The Hall–Kier alpha value is -2.81. The monoisotopic (exact) mass is 357 g/mol. The van der Waals surface area contributed by atoms with Crippen LogP contribution in [-0.4, -0.2) is 34.1 Å². The Balaban J connectivity index is 3.14. The minimum atomic E-state index is -1.43. The molecule has 0 atom stereocenters. The number of hydrogen-bond acceptors (Lipinski definition) is 3. The summed E-state index contributed by atoms with van der Waals surface area (Å²) in [5.41, 5.74) is 0.590. The molecule has 1 aromatic rings. The summed E-state index contributed by atoms with van der Waals surface area (Å²) in [7, 11) is 0. The Kier molecular flexibility index (Phi) is 6.57. The van der Waals surface area contributed by atoms with E-state index in [-0.39, 0.29) is 13.0 Å². The number of rotatable bonds is 7. The SMILES string of the molecule is C=C(C)c1cccc(C(C)(C)NC(=O)N(CCC#N)C(C)(C)C(=O)O)c1. The summed E-state index contributed by atoms with van der Waals surface area (Å²) in [5.74, 6) is -1.13. The molecule has 0 radical (unpaired) electrons. The van der Waals surface area contributed by atoms with Crippen LogP contribution in [0.1, 0.15) is 52.2 Å². The van der Waals surface area contributed by atoms with Crippen LogP contribution in [0.5, 0.6) is 0 Å². The molecule has 140 valence electrons. The van der Waals surface area contributed by atoms with Gasteiger partial charge in [0.1, 0.15) is 5.54 Å². The van der Waals surface area contributed by atoms with Gasteiger partial charge in [0.25, 0.3) is 0 Å². The average molecular weight is 357 g/mol. The molecule has 0 spiro atoms. The number of nitriles is 1. The van der Waals surface area contributed by atoms with Crippen LogP contribution in [0.2, 0.25) is 0 Å². The van der Waals surface area contributed by atoms with Gasteiger partial charge in [-0.1, -0.05) is 30.4 Å². The molecule has 0 aliphatic heterocycles. The van der Waals surface area contributed by atoms with Crippen molar-refractivity contribution >= 4 is 17.6 Å². The first-order valence-electron chi connectivity index (χ1n) is 8.40. The van der Waals surface area contributed by atoms with Crippen LogP contribution >= 0.6 is 0 Å². The predicted molar refractivity (Wildman–Crippen MR) is 101 cm³/mol. The van der Waals surface area contributed by atoms with Crippen molar-refractivity contribution in [3.63, 3.8) is 0 Å². The molecule has 0 unspecified atom stereocenters. The number of nitrogens with one attached hydrogen (secondary N) is 1. The van der Waals surface area contributed by atoms with Crippen molar-refractivity contribution in [2.45, 2.75) is 52.1 Å². The lowest BCUT2D eigenvalue weighted by Crippen LogP contribution is -2.59. The van der Waals surface area contributed by atoms with Gasteiger partial charge in [-0.25, -0.2) is 9.59 Å². The minimum absolute atomic E-state index is 0.0313. The maximum atomic E-state index is 12.8. The summed E-state index contributed by atoms with van der Waals surface area (Å²) in [6, 6.07) is 9.10. The van der Waals surface area contributed by atoms with Crippen molar-refractivity contribution in [1.29, 1.82) is 5.26 Å². The van der Waals surface area contributed by atoms with Gasteiger partial charge in [-0.3, -0.25) is 0 Å². The summed E-state index contributed by atoms with van der Waals surface area (Å²) in [6.45, 7) is 12.5.